The predicted molar refractivity (Wildman–Crippen MR) is 61.6 cm³/mol. The van der Waals surface area contributed by atoms with Crippen LogP contribution in [0.4, 0.5) is 0 Å². The molecule has 0 heterocycles. The molecule has 0 radical (unpaired) electrons. The molecule has 0 spiro atoms. The second-order valence-electron chi connectivity index (χ2n) is 5.18. The second kappa shape index (κ2) is 2.86. The van der Waals surface area contributed by atoms with Gasteiger partial charge in [-0.2, -0.15) is 0 Å². The standard InChI is InChI=1S/C13H16N2O/c14-11(16)12(5-6-12)9-1-3-10(4-2-9)13(15)7-8-13/h1-4H,5-8,15H2,(H2,14,16). The molecule has 0 bridgehead atoms. The topological polar surface area (TPSA) is 69.1 Å². The smallest absolute Gasteiger partial charge is 0.228 e. The fraction of sp³-hybridized carbons (Fsp3) is 0.462. The summed E-state index contributed by atoms with van der Waals surface area (Å²) in [6, 6.07) is 8.12. The van der Waals surface area contributed by atoms with Crippen LogP contribution >= 0.6 is 0 Å². The van der Waals surface area contributed by atoms with Crippen molar-refractivity contribution in [2.24, 2.45) is 11.5 Å². The van der Waals surface area contributed by atoms with Crippen LogP contribution in [-0.4, -0.2) is 5.91 Å². The van der Waals surface area contributed by atoms with E-state index in [1.165, 1.54) is 5.56 Å². The molecule has 1 aromatic carbocycles. The molecule has 3 nitrogen and oxygen atoms in total. The first kappa shape index (κ1) is 9.85. The van der Waals surface area contributed by atoms with Crippen LogP contribution in [0.15, 0.2) is 24.3 Å². The summed E-state index contributed by atoms with van der Waals surface area (Å²) in [5.41, 5.74) is 13.3. The minimum atomic E-state index is -0.371. The van der Waals surface area contributed by atoms with E-state index < -0.39 is 0 Å². The van der Waals surface area contributed by atoms with Crippen molar-refractivity contribution in [2.45, 2.75) is 36.6 Å². The van der Waals surface area contributed by atoms with Crippen molar-refractivity contribution in [3.63, 3.8) is 0 Å². The van der Waals surface area contributed by atoms with Crippen LogP contribution < -0.4 is 11.5 Å². The van der Waals surface area contributed by atoms with Gasteiger partial charge in [0.05, 0.1) is 5.41 Å². The zero-order valence-corrected chi connectivity index (χ0v) is 9.20. The van der Waals surface area contributed by atoms with E-state index in [1.807, 2.05) is 24.3 Å². The van der Waals surface area contributed by atoms with Crippen LogP contribution in [0.1, 0.15) is 36.8 Å². The zero-order valence-electron chi connectivity index (χ0n) is 9.20. The highest BCUT2D eigenvalue weighted by molar-refractivity contribution is 5.89. The third-order valence-corrected chi connectivity index (χ3v) is 4.02. The Bertz CT molecular complexity index is 442. The lowest BCUT2D eigenvalue weighted by Crippen LogP contribution is -2.28. The van der Waals surface area contributed by atoms with Crippen molar-refractivity contribution >= 4 is 5.91 Å². The van der Waals surface area contributed by atoms with Gasteiger partial charge in [0.1, 0.15) is 0 Å². The molecule has 0 aromatic heterocycles. The molecule has 3 rings (SSSR count). The average molecular weight is 216 g/mol. The molecule has 0 aliphatic heterocycles. The quantitative estimate of drug-likeness (QED) is 0.795. The Kier molecular flexibility index (Phi) is 1.76. The van der Waals surface area contributed by atoms with Crippen molar-refractivity contribution in [2.75, 3.05) is 0 Å². The maximum atomic E-state index is 11.4. The van der Waals surface area contributed by atoms with Gasteiger partial charge in [-0.1, -0.05) is 24.3 Å². The van der Waals surface area contributed by atoms with Gasteiger partial charge in [0.2, 0.25) is 5.91 Å². The maximum Gasteiger partial charge on any atom is 0.228 e. The molecular formula is C13H16N2O. The zero-order chi connectivity index (χ0) is 11.4. The largest absolute Gasteiger partial charge is 0.369 e. The van der Waals surface area contributed by atoms with Crippen molar-refractivity contribution in [1.82, 2.24) is 0 Å². The SMILES string of the molecule is NC(=O)C1(c2ccc(C3(N)CC3)cc2)CC1. The number of hydrogen-bond donors (Lipinski definition) is 2. The predicted octanol–water partition coefficient (Wildman–Crippen LogP) is 1.15. The summed E-state index contributed by atoms with van der Waals surface area (Å²) in [7, 11) is 0. The summed E-state index contributed by atoms with van der Waals surface area (Å²) in [5.74, 6) is -0.200. The first-order chi connectivity index (χ1) is 7.57. The maximum absolute atomic E-state index is 11.4. The van der Waals surface area contributed by atoms with Crippen LogP contribution in [0.25, 0.3) is 0 Å². The molecule has 1 aromatic rings. The summed E-state index contributed by atoms with van der Waals surface area (Å²) < 4.78 is 0. The lowest BCUT2D eigenvalue weighted by molar-refractivity contribution is -0.120. The van der Waals surface area contributed by atoms with Crippen LogP contribution in [0.5, 0.6) is 0 Å². The molecule has 3 heteroatoms. The minimum absolute atomic E-state index is 0.0953. The number of amides is 1. The van der Waals surface area contributed by atoms with Crippen LogP contribution in [-0.2, 0) is 15.7 Å². The van der Waals surface area contributed by atoms with Crippen LogP contribution in [0, 0.1) is 0 Å². The van der Waals surface area contributed by atoms with Gasteiger partial charge >= 0.3 is 0 Å². The Morgan fingerprint density at radius 1 is 1.00 bits per heavy atom. The molecular weight excluding hydrogens is 200 g/mol. The molecule has 4 N–H and O–H groups in total. The summed E-state index contributed by atoms with van der Waals surface area (Å²) in [6.45, 7) is 0. The van der Waals surface area contributed by atoms with E-state index >= 15 is 0 Å². The van der Waals surface area contributed by atoms with Gasteiger partial charge in [-0.3, -0.25) is 4.79 Å². The first-order valence-electron chi connectivity index (χ1n) is 5.77. The number of benzene rings is 1. The molecule has 0 atom stereocenters. The molecule has 84 valence electrons. The van der Waals surface area contributed by atoms with Crippen molar-refractivity contribution < 1.29 is 4.79 Å². The van der Waals surface area contributed by atoms with E-state index in [1.54, 1.807) is 0 Å². The summed E-state index contributed by atoms with van der Waals surface area (Å²) in [5, 5.41) is 0. The van der Waals surface area contributed by atoms with Crippen molar-refractivity contribution in [3.05, 3.63) is 35.4 Å². The van der Waals surface area contributed by atoms with E-state index in [2.05, 4.69) is 0 Å². The van der Waals surface area contributed by atoms with Crippen LogP contribution in [0.3, 0.4) is 0 Å². The number of rotatable bonds is 3. The first-order valence-corrected chi connectivity index (χ1v) is 5.77. The number of carbonyl (C=O) groups excluding carboxylic acids is 1. The average Bonchev–Trinajstić information content (AvgIpc) is 3.13. The normalized spacial score (nSPS) is 23.8. The van der Waals surface area contributed by atoms with Gasteiger partial charge in [-0.25, -0.2) is 0 Å². The van der Waals surface area contributed by atoms with Gasteiger partial charge in [0.15, 0.2) is 0 Å². The summed E-state index contributed by atoms with van der Waals surface area (Å²) in [6.07, 6.45) is 3.89. The second-order valence-corrected chi connectivity index (χ2v) is 5.18. The Hall–Kier alpha value is -1.35. The highest BCUT2D eigenvalue weighted by Crippen LogP contribution is 2.49. The fourth-order valence-electron chi connectivity index (χ4n) is 2.35. The highest BCUT2D eigenvalue weighted by Gasteiger charge is 2.50. The van der Waals surface area contributed by atoms with E-state index in [-0.39, 0.29) is 16.9 Å². The number of primary amides is 1. The monoisotopic (exact) mass is 216 g/mol. The Balaban J connectivity index is 1.91. The number of hydrogen-bond acceptors (Lipinski definition) is 2. The Morgan fingerprint density at radius 3 is 1.88 bits per heavy atom. The molecule has 2 fully saturated rings. The highest BCUT2D eigenvalue weighted by atomic mass is 16.1. The van der Waals surface area contributed by atoms with E-state index in [0.29, 0.717) is 0 Å². The third-order valence-electron chi connectivity index (χ3n) is 4.02. The Morgan fingerprint density at radius 2 is 1.50 bits per heavy atom. The van der Waals surface area contributed by atoms with Gasteiger partial charge < -0.3 is 11.5 Å². The molecule has 0 unspecified atom stereocenters. The Labute approximate surface area is 94.8 Å². The summed E-state index contributed by atoms with van der Waals surface area (Å²) in [4.78, 5) is 11.4. The van der Waals surface area contributed by atoms with Crippen molar-refractivity contribution in [1.29, 1.82) is 0 Å². The minimum Gasteiger partial charge on any atom is -0.369 e. The van der Waals surface area contributed by atoms with Gasteiger partial charge in [-0.05, 0) is 36.8 Å². The van der Waals surface area contributed by atoms with Gasteiger partial charge in [0.25, 0.3) is 0 Å². The number of nitrogens with two attached hydrogens (primary N) is 2. The molecule has 2 aliphatic carbocycles. The molecule has 0 saturated heterocycles. The fourth-order valence-corrected chi connectivity index (χ4v) is 2.35. The molecule has 16 heavy (non-hydrogen) atoms. The molecule has 1 amide bonds. The third kappa shape index (κ3) is 1.28. The van der Waals surface area contributed by atoms with Crippen molar-refractivity contribution in [3.8, 4) is 0 Å². The van der Waals surface area contributed by atoms with Gasteiger partial charge in [0, 0.05) is 5.54 Å². The van der Waals surface area contributed by atoms with E-state index in [9.17, 15) is 4.79 Å². The van der Waals surface area contributed by atoms with E-state index in [0.717, 1.165) is 31.2 Å². The summed E-state index contributed by atoms with van der Waals surface area (Å²) >= 11 is 0. The van der Waals surface area contributed by atoms with E-state index in [4.69, 9.17) is 11.5 Å². The van der Waals surface area contributed by atoms with Crippen LogP contribution in [0.2, 0.25) is 0 Å². The molecule has 2 aliphatic rings. The lowest BCUT2D eigenvalue weighted by atomic mass is 9.93. The molecule has 2 saturated carbocycles. The lowest BCUT2D eigenvalue weighted by Gasteiger charge is -2.14. The number of carbonyl (C=O) groups is 1. The van der Waals surface area contributed by atoms with Gasteiger partial charge in [-0.15, -0.1) is 0 Å².